The number of benzene rings is 1. The van der Waals surface area contributed by atoms with Crippen molar-refractivity contribution in [3.05, 3.63) is 35.1 Å². The molecule has 0 bridgehead atoms. The van der Waals surface area contributed by atoms with Crippen LogP contribution in [0.4, 0.5) is 4.39 Å². The third-order valence-electron chi connectivity index (χ3n) is 2.54. The van der Waals surface area contributed by atoms with Crippen molar-refractivity contribution in [2.24, 2.45) is 0 Å². The molecule has 0 unspecified atom stereocenters. The van der Waals surface area contributed by atoms with E-state index in [0.717, 1.165) is 11.1 Å². The monoisotopic (exact) mass is 254 g/mol. The molecule has 1 rings (SSSR count). The molecule has 0 aliphatic rings. The van der Waals surface area contributed by atoms with Gasteiger partial charge in [0.05, 0.1) is 13.2 Å². The molecule has 1 aromatic rings. The van der Waals surface area contributed by atoms with Crippen LogP contribution in [0.1, 0.15) is 11.1 Å². The predicted octanol–water partition coefficient (Wildman–Crippen LogP) is 0.986. The summed E-state index contributed by atoms with van der Waals surface area (Å²) in [6.45, 7) is 3.58. The van der Waals surface area contributed by atoms with E-state index in [0.29, 0.717) is 19.7 Å². The third-order valence-corrected chi connectivity index (χ3v) is 2.54. The summed E-state index contributed by atoms with van der Waals surface area (Å²) < 4.78 is 17.8. The Kier molecular flexibility index (Phi) is 6.32. The molecule has 0 aromatic heterocycles. The van der Waals surface area contributed by atoms with Crippen molar-refractivity contribution >= 4 is 5.91 Å². The summed E-state index contributed by atoms with van der Waals surface area (Å²) in [6, 6.07) is 4.63. The van der Waals surface area contributed by atoms with E-state index in [1.807, 2.05) is 6.92 Å². The summed E-state index contributed by atoms with van der Waals surface area (Å²) >= 11 is 0. The van der Waals surface area contributed by atoms with Gasteiger partial charge in [0, 0.05) is 20.2 Å². The zero-order valence-corrected chi connectivity index (χ0v) is 10.8. The molecule has 0 radical (unpaired) electrons. The molecule has 1 aromatic carbocycles. The molecule has 0 saturated carbocycles. The fraction of sp³-hybridized carbons (Fsp3) is 0.462. The summed E-state index contributed by atoms with van der Waals surface area (Å²) in [6.07, 6.45) is 0. The van der Waals surface area contributed by atoms with Gasteiger partial charge in [-0.25, -0.2) is 4.39 Å². The quantitative estimate of drug-likeness (QED) is 0.713. The first kappa shape index (κ1) is 14.6. The van der Waals surface area contributed by atoms with Crippen LogP contribution in [0, 0.1) is 12.7 Å². The lowest BCUT2D eigenvalue weighted by Crippen LogP contribution is -2.35. The van der Waals surface area contributed by atoms with Crippen molar-refractivity contribution in [3.63, 3.8) is 0 Å². The number of carbonyl (C=O) groups is 1. The summed E-state index contributed by atoms with van der Waals surface area (Å²) in [5, 5.41) is 5.67. The van der Waals surface area contributed by atoms with Gasteiger partial charge < -0.3 is 15.4 Å². The van der Waals surface area contributed by atoms with Crippen LogP contribution in [0.25, 0.3) is 0 Å². The Labute approximate surface area is 107 Å². The Bertz CT molecular complexity index is 397. The number of aryl methyl sites for hydroxylation is 1. The van der Waals surface area contributed by atoms with Crippen LogP contribution in [0.3, 0.4) is 0 Å². The number of nitrogens with one attached hydrogen (secondary N) is 2. The van der Waals surface area contributed by atoms with E-state index in [1.54, 1.807) is 13.2 Å². The molecule has 5 heteroatoms. The van der Waals surface area contributed by atoms with Gasteiger partial charge in [0.2, 0.25) is 5.91 Å². The lowest BCUT2D eigenvalue weighted by atomic mass is 10.1. The number of hydrogen-bond acceptors (Lipinski definition) is 3. The van der Waals surface area contributed by atoms with Gasteiger partial charge in [0.1, 0.15) is 5.82 Å². The average Bonchev–Trinajstić information content (AvgIpc) is 2.34. The lowest BCUT2D eigenvalue weighted by molar-refractivity contribution is -0.120. The first-order valence-electron chi connectivity index (χ1n) is 5.85. The molecule has 0 aliphatic carbocycles. The van der Waals surface area contributed by atoms with Crippen LogP contribution in [-0.2, 0) is 16.1 Å². The highest BCUT2D eigenvalue weighted by Crippen LogP contribution is 2.09. The maximum atomic E-state index is 13.0. The fourth-order valence-electron chi connectivity index (χ4n) is 1.50. The van der Waals surface area contributed by atoms with Crippen LogP contribution in [0.15, 0.2) is 18.2 Å². The number of ether oxygens (including phenoxy) is 1. The van der Waals surface area contributed by atoms with Gasteiger partial charge in [-0.15, -0.1) is 0 Å². The van der Waals surface area contributed by atoms with Crippen LogP contribution < -0.4 is 10.6 Å². The number of hydrogen-bond donors (Lipinski definition) is 2. The highest BCUT2D eigenvalue weighted by Gasteiger charge is 2.02. The van der Waals surface area contributed by atoms with Gasteiger partial charge in [-0.2, -0.15) is 0 Å². The number of amides is 1. The van der Waals surface area contributed by atoms with E-state index in [2.05, 4.69) is 10.6 Å². The smallest absolute Gasteiger partial charge is 0.234 e. The predicted molar refractivity (Wildman–Crippen MR) is 67.7 cm³/mol. The van der Waals surface area contributed by atoms with E-state index >= 15 is 0 Å². The minimum absolute atomic E-state index is 0.0962. The number of halogens is 1. The van der Waals surface area contributed by atoms with E-state index in [4.69, 9.17) is 4.74 Å². The largest absolute Gasteiger partial charge is 0.383 e. The molecule has 18 heavy (non-hydrogen) atoms. The van der Waals surface area contributed by atoms with E-state index < -0.39 is 0 Å². The number of methoxy groups -OCH3 is 1. The van der Waals surface area contributed by atoms with Crippen molar-refractivity contribution in [1.29, 1.82) is 0 Å². The van der Waals surface area contributed by atoms with Gasteiger partial charge in [-0.3, -0.25) is 4.79 Å². The van der Waals surface area contributed by atoms with Crippen molar-refractivity contribution in [2.75, 3.05) is 26.8 Å². The molecule has 2 N–H and O–H groups in total. The van der Waals surface area contributed by atoms with E-state index in [9.17, 15) is 9.18 Å². The summed E-state index contributed by atoms with van der Waals surface area (Å²) in [4.78, 5) is 11.4. The molecule has 0 fully saturated rings. The Morgan fingerprint density at radius 1 is 1.44 bits per heavy atom. The van der Waals surface area contributed by atoms with Gasteiger partial charge in [0.15, 0.2) is 0 Å². The van der Waals surface area contributed by atoms with Gasteiger partial charge in [-0.05, 0) is 30.2 Å². The standard InChI is InChI=1S/C13H19FN2O2/c1-10-3-4-12(14)7-11(10)8-15-9-13(17)16-5-6-18-2/h3-4,7,15H,5-6,8-9H2,1-2H3,(H,16,17). The second kappa shape index (κ2) is 7.79. The average molecular weight is 254 g/mol. The van der Waals surface area contributed by atoms with Crippen molar-refractivity contribution in [2.45, 2.75) is 13.5 Å². The third kappa shape index (κ3) is 5.25. The lowest BCUT2D eigenvalue weighted by Gasteiger charge is -2.08. The molecule has 0 atom stereocenters. The van der Waals surface area contributed by atoms with Crippen LogP contribution in [0.5, 0.6) is 0 Å². The number of carbonyl (C=O) groups excluding carboxylic acids is 1. The SMILES string of the molecule is COCCNC(=O)CNCc1cc(F)ccc1C. The molecular weight excluding hydrogens is 235 g/mol. The van der Waals surface area contributed by atoms with Crippen molar-refractivity contribution in [3.8, 4) is 0 Å². The molecular formula is C13H19FN2O2. The van der Waals surface area contributed by atoms with E-state index in [-0.39, 0.29) is 18.3 Å². The Balaban J connectivity index is 2.28. The van der Waals surface area contributed by atoms with Crippen LogP contribution in [0.2, 0.25) is 0 Å². The molecule has 0 saturated heterocycles. The maximum Gasteiger partial charge on any atom is 0.234 e. The minimum Gasteiger partial charge on any atom is -0.383 e. The van der Waals surface area contributed by atoms with Gasteiger partial charge >= 0.3 is 0 Å². The molecule has 0 heterocycles. The molecule has 4 nitrogen and oxygen atoms in total. The first-order chi connectivity index (χ1) is 8.63. The maximum absolute atomic E-state index is 13.0. The normalized spacial score (nSPS) is 10.4. The molecule has 1 amide bonds. The molecule has 0 aliphatic heterocycles. The van der Waals surface area contributed by atoms with Crippen molar-refractivity contribution in [1.82, 2.24) is 10.6 Å². The van der Waals surface area contributed by atoms with Crippen LogP contribution >= 0.6 is 0 Å². The first-order valence-corrected chi connectivity index (χ1v) is 5.85. The minimum atomic E-state index is -0.262. The van der Waals surface area contributed by atoms with Crippen LogP contribution in [-0.4, -0.2) is 32.7 Å². The van der Waals surface area contributed by atoms with E-state index in [1.165, 1.54) is 12.1 Å². The molecule has 0 spiro atoms. The zero-order valence-electron chi connectivity index (χ0n) is 10.8. The Morgan fingerprint density at radius 2 is 2.22 bits per heavy atom. The highest BCUT2D eigenvalue weighted by atomic mass is 19.1. The highest BCUT2D eigenvalue weighted by molar-refractivity contribution is 5.77. The Hall–Kier alpha value is -1.46. The molecule has 100 valence electrons. The summed E-state index contributed by atoms with van der Waals surface area (Å²) in [5.74, 6) is -0.358. The fourth-order valence-corrected chi connectivity index (χ4v) is 1.50. The van der Waals surface area contributed by atoms with Gasteiger partial charge in [0.25, 0.3) is 0 Å². The van der Waals surface area contributed by atoms with Gasteiger partial charge in [-0.1, -0.05) is 6.07 Å². The number of rotatable bonds is 7. The summed E-state index contributed by atoms with van der Waals surface area (Å²) in [7, 11) is 1.58. The Morgan fingerprint density at radius 3 is 2.94 bits per heavy atom. The second-order valence-corrected chi connectivity index (χ2v) is 4.02. The summed E-state index contributed by atoms with van der Waals surface area (Å²) in [5.41, 5.74) is 1.86. The van der Waals surface area contributed by atoms with Crippen molar-refractivity contribution < 1.29 is 13.9 Å². The topological polar surface area (TPSA) is 50.4 Å². The second-order valence-electron chi connectivity index (χ2n) is 4.02. The zero-order chi connectivity index (χ0) is 13.4.